The molecule has 1 atom stereocenters. The third-order valence-electron chi connectivity index (χ3n) is 3.85. The van der Waals surface area contributed by atoms with Crippen molar-refractivity contribution in [2.75, 3.05) is 14.1 Å². The molecule has 0 heterocycles. The van der Waals surface area contributed by atoms with E-state index in [0.717, 1.165) is 11.1 Å². The minimum absolute atomic E-state index is 0.0803. The van der Waals surface area contributed by atoms with E-state index in [9.17, 15) is 8.42 Å². The summed E-state index contributed by atoms with van der Waals surface area (Å²) in [4.78, 5) is 0.288. The second-order valence-electron chi connectivity index (χ2n) is 5.77. The topological polar surface area (TPSA) is 73.2 Å². The zero-order chi connectivity index (χ0) is 17.7. The number of sulfonamides is 1. The summed E-state index contributed by atoms with van der Waals surface area (Å²) < 4.78 is 25.3. The van der Waals surface area contributed by atoms with Gasteiger partial charge in [-0.1, -0.05) is 24.3 Å². The van der Waals surface area contributed by atoms with Crippen LogP contribution < -0.4 is 5.32 Å². The number of nitrogens with zero attached hydrogens (tertiary/aromatic N) is 2. The molecule has 6 heteroatoms. The van der Waals surface area contributed by atoms with Crippen molar-refractivity contribution in [2.24, 2.45) is 0 Å². The maximum absolute atomic E-state index is 12.1. The zero-order valence-corrected chi connectivity index (χ0v) is 14.8. The van der Waals surface area contributed by atoms with Gasteiger partial charge in [-0.25, -0.2) is 12.7 Å². The molecule has 2 aromatic rings. The van der Waals surface area contributed by atoms with Gasteiger partial charge in [-0.15, -0.1) is 0 Å². The SMILES string of the molecule is CC(NCc1ccc(C#N)cc1)c1ccc(S(=O)(=O)N(C)C)cc1. The molecule has 5 nitrogen and oxygen atoms in total. The molecule has 0 amide bonds. The van der Waals surface area contributed by atoms with Gasteiger partial charge in [0.1, 0.15) is 0 Å². The van der Waals surface area contributed by atoms with Crippen LogP contribution in [-0.2, 0) is 16.6 Å². The van der Waals surface area contributed by atoms with E-state index in [1.807, 2.05) is 31.2 Å². The number of rotatable bonds is 6. The Hall–Kier alpha value is -2.20. The molecule has 0 saturated heterocycles. The lowest BCUT2D eigenvalue weighted by Gasteiger charge is -2.16. The van der Waals surface area contributed by atoms with Gasteiger partial charge in [0, 0.05) is 26.7 Å². The van der Waals surface area contributed by atoms with Crippen LogP contribution in [0.5, 0.6) is 0 Å². The first-order valence-corrected chi connectivity index (χ1v) is 9.03. The van der Waals surface area contributed by atoms with Gasteiger partial charge in [-0.05, 0) is 42.3 Å². The van der Waals surface area contributed by atoms with Gasteiger partial charge in [-0.2, -0.15) is 5.26 Å². The molecule has 0 bridgehead atoms. The van der Waals surface area contributed by atoms with E-state index in [-0.39, 0.29) is 10.9 Å². The van der Waals surface area contributed by atoms with Crippen LogP contribution in [0.3, 0.4) is 0 Å². The van der Waals surface area contributed by atoms with E-state index in [4.69, 9.17) is 5.26 Å². The third-order valence-corrected chi connectivity index (χ3v) is 5.68. The Bertz CT molecular complexity index is 820. The highest BCUT2D eigenvalue weighted by atomic mass is 32.2. The monoisotopic (exact) mass is 343 g/mol. The van der Waals surface area contributed by atoms with Gasteiger partial charge < -0.3 is 5.32 Å². The third kappa shape index (κ3) is 4.20. The van der Waals surface area contributed by atoms with Crippen molar-refractivity contribution in [1.82, 2.24) is 9.62 Å². The van der Waals surface area contributed by atoms with Crippen LogP contribution in [0.25, 0.3) is 0 Å². The summed E-state index contributed by atoms with van der Waals surface area (Å²) in [5, 5.41) is 12.2. The van der Waals surface area contributed by atoms with Crippen molar-refractivity contribution in [3.63, 3.8) is 0 Å². The number of nitriles is 1. The van der Waals surface area contributed by atoms with E-state index in [1.54, 1.807) is 24.3 Å². The van der Waals surface area contributed by atoms with Crippen molar-refractivity contribution in [2.45, 2.75) is 24.4 Å². The van der Waals surface area contributed by atoms with Crippen molar-refractivity contribution < 1.29 is 8.42 Å². The van der Waals surface area contributed by atoms with Gasteiger partial charge in [0.25, 0.3) is 0 Å². The number of hydrogen-bond acceptors (Lipinski definition) is 4. The summed E-state index contributed by atoms with van der Waals surface area (Å²) in [5.74, 6) is 0. The molecule has 0 saturated carbocycles. The molecule has 0 aliphatic heterocycles. The van der Waals surface area contributed by atoms with Crippen molar-refractivity contribution in [3.05, 3.63) is 65.2 Å². The van der Waals surface area contributed by atoms with E-state index < -0.39 is 10.0 Å². The fourth-order valence-electron chi connectivity index (χ4n) is 2.23. The molecule has 0 aliphatic rings. The van der Waals surface area contributed by atoms with Crippen LogP contribution in [0.4, 0.5) is 0 Å². The van der Waals surface area contributed by atoms with Crippen molar-refractivity contribution >= 4 is 10.0 Å². The quantitative estimate of drug-likeness (QED) is 0.875. The Morgan fingerprint density at radius 2 is 1.67 bits per heavy atom. The molecule has 1 unspecified atom stereocenters. The average Bonchev–Trinajstić information content (AvgIpc) is 2.60. The lowest BCUT2D eigenvalue weighted by molar-refractivity contribution is 0.520. The van der Waals surface area contributed by atoms with Gasteiger partial charge in [-0.3, -0.25) is 0 Å². The number of nitrogens with one attached hydrogen (secondary N) is 1. The lowest BCUT2D eigenvalue weighted by atomic mass is 10.1. The van der Waals surface area contributed by atoms with Gasteiger partial charge in [0.05, 0.1) is 16.5 Å². The Balaban J connectivity index is 2.02. The van der Waals surface area contributed by atoms with Crippen LogP contribution in [-0.4, -0.2) is 26.8 Å². The van der Waals surface area contributed by atoms with Crippen molar-refractivity contribution in [1.29, 1.82) is 5.26 Å². The number of hydrogen-bond donors (Lipinski definition) is 1. The van der Waals surface area contributed by atoms with Gasteiger partial charge >= 0.3 is 0 Å². The molecule has 24 heavy (non-hydrogen) atoms. The zero-order valence-electron chi connectivity index (χ0n) is 14.0. The summed E-state index contributed by atoms with van der Waals surface area (Å²) in [7, 11) is -0.357. The Morgan fingerprint density at radius 3 is 2.17 bits per heavy atom. The Morgan fingerprint density at radius 1 is 1.08 bits per heavy atom. The number of benzene rings is 2. The second-order valence-corrected chi connectivity index (χ2v) is 7.92. The van der Waals surface area contributed by atoms with E-state index in [1.165, 1.54) is 18.4 Å². The predicted octanol–water partition coefficient (Wildman–Crippen LogP) is 2.66. The minimum Gasteiger partial charge on any atom is -0.306 e. The molecular formula is C18H21N3O2S. The van der Waals surface area contributed by atoms with Crippen LogP contribution in [0.2, 0.25) is 0 Å². The minimum atomic E-state index is -3.39. The summed E-state index contributed by atoms with van der Waals surface area (Å²) >= 11 is 0. The fourth-order valence-corrected chi connectivity index (χ4v) is 3.13. The largest absolute Gasteiger partial charge is 0.306 e. The molecule has 1 N–H and O–H groups in total. The Labute approximate surface area is 143 Å². The molecular weight excluding hydrogens is 322 g/mol. The van der Waals surface area contributed by atoms with Crippen LogP contribution >= 0.6 is 0 Å². The lowest BCUT2D eigenvalue weighted by Crippen LogP contribution is -2.22. The molecule has 0 aromatic heterocycles. The first-order chi connectivity index (χ1) is 11.3. The first-order valence-electron chi connectivity index (χ1n) is 7.59. The molecule has 2 rings (SSSR count). The van der Waals surface area contributed by atoms with Gasteiger partial charge in [0.15, 0.2) is 0 Å². The first kappa shape index (κ1) is 18.1. The van der Waals surface area contributed by atoms with E-state index >= 15 is 0 Å². The van der Waals surface area contributed by atoms with Gasteiger partial charge in [0.2, 0.25) is 10.0 Å². The summed E-state index contributed by atoms with van der Waals surface area (Å²) in [6, 6.07) is 16.5. The highest BCUT2D eigenvalue weighted by Crippen LogP contribution is 2.18. The Kier molecular flexibility index (Phi) is 5.73. The van der Waals surface area contributed by atoms with E-state index in [2.05, 4.69) is 11.4 Å². The molecule has 126 valence electrons. The highest BCUT2D eigenvalue weighted by molar-refractivity contribution is 7.89. The molecule has 2 aromatic carbocycles. The summed E-state index contributed by atoms with van der Waals surface area (Å²) in [6.45, 7) is 2.70. The predicted molar refractivity (Wildman–Crippen MR) is 93.7 cm³/mol. The average molecular weight is 343 g/mol. The van der Waals surface area contributed by atoms with Crippen LogP contribution in [0.1, 0.15) is 29.7 Å². The maximum atomic E-state index is 12.1. The van der Waals surface area contributed by atoms with Crippen molar-refractivity contribution in [3.8, 4) is 6.07 Å². The van der Waals surface area contributed by atoms with Crippen LogP contribution in [0, 0.1) is 11.3 Å². The fraction of sp³-hybridized carbons (Fsp3) is 0.278. The highest BCUT2D eigenvalue weighted by Gasteiger charge is 2.17. The summed E-state index contributed by atoms with van der Waals surface area (Å²) in [6.07, 6.45) is 0. The van der Waals surface area contributed by atoms with E-state index in [0.29, 0.717) is 12.1 Å². The molecule has 0 aliphatic carbocycles. The normalized spacial score (nSPS) is 12.8. The maximum Gasteiger partial charge on any atom is 0.242 e. The second kappa shape index (κ2) is 7.58. The smallest absolute Gasteiger partial charge is 0.242 e. The summed E-state index contributed by atoms with van der Waals surface area (Å²) in [5.41, 5.74) is 2.75. The molecule has 0 radical (unpaired) electrons. The van der Waals surface area contributed by atoms with Crippen LogP contribution in [0.15, 0.2) is 53.4 Å². The molecule has 0 spiro atoms. The standard InChI is InChI=1S/C18H21N3O2S/c1-14(20-13-16-6-4-15(12-19)5-7-16)17-8-10-18(11-9-17)24(22,23)21(2)3/h4-11,14,20H,13H2,1-3H3. The molecule has 0 fully saturated rings.